The lowest BCUT2D eigenvalue weighted by atomic mass is 9.89. The Hall–Kier alpha value is -1.60. The Morgan fingerprint density at radius 1 is 0.621 bits per heavy atom. The minimum atomic E-state index is 0.594. The molecule has 0 amide bonds. The molecular formula is C28H43N. The zero-order valence-corrected chi connectivity index (χ0v) is 19.3. The van der Waals surface area contributed by atoms with Crippen molar-refractivity contribution in [1.29, 1.82) is 0 Å². The molecule has 0 saturated carbocycles. The molecule has 2 rings (SSSR count). The summed E-state index contributed by atoms with van der Waals surface area (Å²) < 4.78 is 0. The summed E-state index contributed by atoms with van der Waals surface area (Å²) in [5.41, 5.74) is 2.94. The third-order valence-electron chi connectivity index (χ3n) is 5.90. The van der Waals surface area contributed by atoms with Crippen molar-refractivity contribution >= 4 is 0 Å². The Bertz CT molecular complexity index is 618. The van der Waals surface area contributed by atoms with E-state index in [1.54, 1.807) is 0 Å². The molecule has 1 nitrogen and oxygen atoms in total. The van der Waals surface area contributed by atoms with E-state index in [9.17, 15) is 0 Å². The maximum absolute atomic E-state index is 2.74. The van der Waals surface area contributed by atoms with Crippen molar-refractivity contribution in [1.82, 2.24) is 4.90 Å². The Morgan fingerprint density at radius 3 is 1.66 bits per heavy atom. The van der Waals surface area contributed by atoms with Crippen molar-refractivity contribution in [3.05, 3.63) is 71.8 Å². The molecule has 0 aliphatic rings. The normalized spacial score (nSPS) is 12.8. The molecule has 0 N–H and O–H groups in total. The summed E-state index contributed by atoms with van der Waals surface area (Å²) in [6.07, 6.45) is 7.71. The molecule has 2 aromatic rings. The van der Waals surface area contributed by atoms with Gasteiger partial charge in [-0.05, 0) is 87.0 Å². The van der Waals surface area contributed by atoms with Gasteiger partial charge in [0.1, 0.15) is 0 Å². The van der Waals surface area contributed by atoms with Crippen molar-refractivity contribution in [2.45, 2.75) is 72.1 Å². The second-order valence-corrected chi connectivity index (χ2v) is 9.50. The number of benzene rings is 2. The van der Waals surface area contributed by atoms with Crippen LogP contribution in [-0.4, -0.2) is 24.5 Å². The van der Waals surface area contributed by atoms with Gasteiger partial charge in [0.15, 0.2) is 0 Å². The van der Waals surface area contributed by atoms with Gasteiger partial charge in [0.05, 0.1) is 0 Å². The maximum Gasteiger partial charge on any atom is -0.00128 e. The molecule has 0 bridgehead atoms. The molecule has 2 aromatic carbocycles. The molecule has 0 radical (unpaired) electrons. The van der Waals surface area contributed by atoms with Gasteiger partial charge in [0.2, 0.25) is 0 Å². The molecule has 0 fully saturated rings. The van der Waals surface area contributed by atoms with Crippen molar-refractivity contribution in [3.8, 4) is 0 Å². The first kappa shape index (κ1) is 23.7. The van der Waals surface area contributed by atoms with E-state index in [-0.39, 0.29) is 0 Å². The highest BCUT2D eigenvalue weighted by Gasteiger charge is 2.15. The number of hydrogen-bond acceptors (Lipinski definition) is 1. The SMILES string of the molecule is CC(C)CCCN(CCCC(C)C)CCC(Cc1ccccc1)c1ccccc1. The van der Waals surface area contributed by atoms with E-state index >= 15 is 0 Å². The van der Waals surface area contributed by atoms with Crippen LogP contribution in [0.3, 0.4) is 0 Å². The van der Waals surface area contributed by atoms with Crippen LogP contribution in [0.25, 0.3) is 0 Å². The van der Waals surface area contributed by atoms with Gasteiger partial charge in [-0.25, -0.2) is 0 Å². The Labute approximate surface area is 180 Å². The molecule has 160 valence electrons. The smallest absolute Gasteiger partial charge is 0.00128 e. The van der Waals surface area contributed by atoms with Crippen LogP contribution >= 0.6 is 0 Å². The predicted octanol–water partition coefficient (Wildman–Crippen LogP) is 7.58. The lowest BCUT2D eigenvalue weighted by molar-refractivity contribution is 0.244. The number of nitrogens with zero attached hydrogens (tertiary/aromatic N) is 1. The van der Waals surface area contributed by atoms with Gasteiger partial charge in [0.25, 0.3) is 0 Å². The summed E-state index contributed by atoms with van der Waals surface area (Å²) >= 11 is 0. The zero-order valence-electron chi connectivity index (χ0n) is 19.3. The number of rotatable bonds is 14. The molecule has 0 aromatic heterocycles. The average molecular weight is 394 g/mol. The van der Waals surface area contributed by atoms with E-state index in [2.05, 4.69) is 93.3 Å². The minimum absolute atomic E-state index is 0.594. The molecule has 1 heteroatoms. The zero-order chi connectivity index (χ0) is 20.9. The third kappa shape index (κ3) is 10.1. The van der Waals surface area contributed by atoms with E-state index in [1.165, 1.54) is 62.9 Å². The Morgan fingerprint density at radius 2 is 1.14 bits per heavy atom. The van der Waals surface area contributed by atoms with Crippen LogP contribution in [0.2, 0.25) is 0 Å². The Kier molecular flexibility index (Phi) is 11.1. The highest BCUT2D eigenvalue weighted by molar-refractivity contribution is 5.24. The summed E-state index contributed by atoms with van der Waals surface area (Å²) in [5.74, 6) is 2.21. The highest BCUT2D eigenvalue weighted by atomic mass is 15.1. The van der Waals surface area contributed by atoms with E-state index in [1.807, 2.05) is 0 Å². The summed E-state index contributed by atoms with van der Waals surface area (Å²) in [4.78, 5) is 2.74. The molecule has 1 unspecified atom stereocenters. The van der Waals surface area contributed by atoms with Crippen molar-refractivity contribution in [2.75, 3.05) is 19.6 Å². The van der Waals surface area contributed by atoms with E-state index < -0.39 is 0 Å². The van der Waals surface area contributed by atoms with Crippen molar-refractivity contribution in [2.24, 2.45) is 11.8 Å². The van der Waals surface area contributed by atoms with E-state index in [0.717, 1.165) is 18.3 Å². The van der Waals surface area contributed by atoms with Crippen LogP contribution in [0.5, 0.6) is 0 Å². The standard InChI is InChI=1S/C28H43N/c1-24(2)13-11-20-29(21-12-14-25(3)4)22-19-28(27-17-9-6-10-18-27)23-26-15-7-5-8-16-26/h5-10,15-18,24-25,28H,11-14,19-23H2,1-4H3. The van der Waals surface area contributed by atoms with Gasteiger partial charge in [-0.3, -0.25) is 0 Å². The minimum Gasteiger partial charge on any atom is -0.303 e. The van der Waals surface area contributed by atoms with Crippen LogP contribution in [0.15, 0.2) is 60.7 Å². The van der Waals surface area contributed by atoms with Gasteiger partial charge in [-0.1, -0.05) is 88.4 Å². The predicted molar refractivity (Wildman–Crippen MR) is 129 cm³/mol. The fourth-order valence-corrected chi connectivity index (χ4v) is 4.13. The van der Waals surface area contributed by atoms with Crippen LogP contribution < -0.4 is 0 Å². The molecule has 0 aliphatic heterocycles. The first-order valence-electron chi connectivity index (χ1n) is 11.9. The van der Waals surface area contributed by atoms with E-state index in [0.29, 0.717) is 5.92 Å². The second-order valence-electron chi connectivity index (χ2n) is 9.50. The summed E-state index contributed by atoms with van der Waals surface area (Å²) in [7, 11) is 0. The fourth-order valence-electron chi connectivity index (χ4n) is 4.13. The van der Waals surface area contributed by atoms with Gasteiger partial charge in [0, 0.05) is 0 Å². The fraction of sp³-hybridized carbons (Fsp3) is 0.571. The van der Waals surface area contributed by atoms with Gasteiger partial charge in [-0.15, -0.1) is 0 Å². The topological polar surface area (TPSA) is 3.24 Å². The first-order chi connectivity index (χ1) is 14.0. The van der Waals surface area contributed by atoms with Gasteiger partial charge in [-0.2, -0.15) is 0 Å². The quantitative estimate of drug-likeness (QED) is 0.320. The molecule has 1 atom stereocenters. The molecule has 0 saturated heterocycles. The van der Waals surface area contributed by atoms with Crippen LogP contribution in [0, 0.1) is 11.8 Å². The summed E-state index contributed by atoms with van der Waals surface area (Å²) in [5, 5.41) is 0. The van der Waals surface area contributed by atoms with Crippen LogP contribution in [0.4, 0.5) is 0 Å². The third-order valence-corrected chi connectivity index (χ3v) is 5.90. The van der Waals surface area contributed by atoms with Crippen molar-refractivity contribution in [3.63, 3.8) is 0 Å². The average Bonchev–Trinajstić information content (AvgIpc) is 2.71. The molecule has 0 spiro atoms. The first-order valence-corrected chi connectivity index (χ1v) is 11.9. The monoisotopic (exact) mass is 393 g/mol. The molecule has 29 heavy (non-hydrogen) atoms. The van der Waals surface area contributed by atoms with Gasteiger partial charge >= 0.3 is 0 Å². The molecule has 0 heterocycles. The van der Waals surface area contributed by atoms with Crippen LogP contribution in [0.1, 0.15) is 76.8 Å². The summed E-state index contributed by atoms with van der Waals surface area (Å²) in [6, 6.07) is 22.2. The molecule has 0 aliphatic carbocycles. The highest BCUT2D eigenvalue weighted by Crippen LogP contribution is 2.25. The molecular weight excluding hydrogens is 350 g/mol. The maximum atomic E-state index is 2.74. The van der Waals surface area contributed by atoms with Gasteiger partial charge < -0.3 is 4.90 Å². The van der Waals surface area contributed by atoms with E-state index in [4.69, 9.17) is 0 Å². The van der Waals surface area contributed by atoms with Crippen molar-refractivity contribution < 1.29 is 0 Å². The van der Waals surface area contributed by atoms with Crippen LogP contribution in [-0.2, 0) is 6.42 Å². The lowest BCUT2D eigenvalue weighted by Gasteiger charge is -2.26. The Balaban J connectivity index is 1.98. The summed E-state index contributed by atoms with van der Waals surface area (Å²) in [6.45, 7) is 13.1. The number of hydrogen-bond donors (Lipinski definition) is 0. The lowest BCUT2D eigenvalue weighted by Crippen LogP contribution is -2.29. The second kappa shape index (κ2) is 13.6. The largest absolute Gasteiger partial charge is 0.303 e.